The normalized spacial score (nSPS) is 10.7. The fourth-order valence-electron chi connectivity index (χ4n) is 2.65. The van der Waals surface area contributed by atoms with Crippen molar-refractivity contribution >= 4 is 34.8 Å². The summed E-state index contributed by atoms with van der Waals surface area (Å²) >= 11 is 12.0. The van der Waals surface area contributed by atoms with Gasteiger partial charge in [0.2, 0.25) is 0 Å². The number of carbonyl (C=O) groups is 1. The van der Waals surface area contributed by atoms with Gasteiger partial charge in [-0.15, -0.1) is 0 Å². The molecule has 3 aromatic rings. The fraction of sp³-hybridized carbons (Fsp3) is 0.143. The lowest BCUT2D eigenvalue weighted by Crippen LogP contribution is -2.22. The van der Waals surface area contributed by atoms with Crippen molar-refractivity contribution in [3.8, 4) is 0 Å². The Morgan fingerprint density at radius 2 is 1.74 bits per heavy atom. The molecule has 0 aliphatic heterocycles. The molecule has 1 heterocycles. The van der Waals surface area contributed by atoms with Crippen LogP contribution in [0.15, 0.2) is 59.5 Å². The van der Waals surface area contributed by atoms with Crippen LogP contribution >= 0.6 is 23.2 Å². The zero-order valence-corrected chi connectivity index (χ0v) is 16.4. The second-order valence-corrected chi connectivity index (χ2v) is 7.20. The summed E-state index contributed by atoms with van der Waals surface area (Å²) in [5.74, 6) is -0.277. The molecule has 6 heteroatoms. The maximum Gasteiger partial charge on any atom is 0.257 e. The van der Waals surface area contributed by atoms with Gasteiger partial charge in [0, 0.05) is 18.0 Å². The average Bonchev–Trinajstić information content (AvgIpc) is 2.63. The van der Waals surface area contributed by atoms with Crippen molar-refractivity contribution in [1.29, 1.82) is 0 Å². The van der Waals surface area contributed by atoms with E-state index in [0.29, 0.717) is 27.8 Å². The molecule has 0 aliphatic rings. The molecule has 0 unspecified atom stereocenters. The van der Waals surface area contributed by atoms with Crippen molar-refractivity contribution in [3.63, 3.8) is 0 Å². The zero-order valence-electron chi connectivity index (χ0n) is 14.9. The van der Waals surface area contributed by atoms with Crippen LogP contribution in [-0.2, 0) is 6.54 Å². The third kappa shape index (κ3) is 4.59. The summed E-state index contributed by atoms with van der Waals surface area (Å²) in [4.78, 5) is 24.7. The first-order valence-electron chi connectivity index (χ1n) is 8.36. The summed E-state index contributed by atoms with van der Waals surface area (Å²) in [6, 6.07) is 13.8. The Balaban J connectivity index is 1.83. The molecule has 138 valence electrons. The van der Waals surface area contributed by atoms with Gasteiger partial charge in [0.25, 0.3) is 11.5 Å². The molecule has 1 N–H and O–H groups in total. The SMILES string of the molecule is Cc1ccc(NC(=O)c2ccc(=O)n(Cc3ccc(Cl)c(Cl)c3)c2)cc1C. The monoisotopic (exact) mass is 400 g/mol. The van der Waals surface area contributed by atoms with Gasteiger partial charge >= 0.3 is 0 Å². The minimum Gasteiger partial charge on any atom is -0.322 e. The van der Waals surface area contributed by atoms with Crippen LogP contribution < -0.4 is 10.9 Å². The Morgan fingerprint density at radius 3 is 2.44 bits per heavy atom. The number of nitrogens with one attached hydrogen (secondary N) is 1. The molecule has 1 amide bonds. The fourth-order valence-corrected chi connectivity index (χ4v) is 2.97. The molecule has 2 aromatic carbocycles. The highest BCUT2D eigenvalue weighted by atomic mass is 35.5. The summed E-state index contributed by atoms with van der Waals surface area (Å²) < 4.78 is 1.47. The molecule has 0 radical (unpaired) electrons. The number of amides is 1. The number of nitrogens with zero attached hydrogens (tertiary/aromatic N) is 1. The maximum atomic E-state index is 12.6. The highest BCUT2D eigenvalue weighted by molar-refractivity contribution is 6.42. The quantitative estimate of drug-likeness (QED) is 0.664. The van der Waals surface area contributed by atoms with E-state index in [-0.39, 0.29) is 11.5 Å². The molecule has 0 atom stereocenters. The van der Waals surface area contributed by atoms with E-state index < -0.39 is 0 Å². The van der Waals surface area contributed by atoms with Crippen LogP contribution in [0.1, 0.15) is 27.0 Å². The molecule has 0 saturated heterocycles. The number of halogens is 2. The van der Waals surface area contributed by atoms with Crippen LogP contribution in [0.25, 0.3) is 0 Å². The smallest absolute Gasteiger partial charge is 0.257 e. The highest BCUT2D eigenvalue weighted by Gasteiger charge is 2.10. The summed E-state index contributed by atoms with van der Waals surface area (Å²) in [5.41, 5.74) is 3.97. The molecule has 0 spiro atoms. The van der Waals surface area contributed by atoms with Crippen molar-refractivity contribution in [2.75, 3.05) is 5.32 Å². The lowest BCUT2D eigenvalue weighted by molar-refractivity contribution is 0.102. The highest BCUT2D eigenvalue weighted by Crippen LogP contribution is 2.23. The minimum atomic E-state index is -0.277. The van der Waals surface area contributed by atoms with Gasteiger partial charge in [-0.3, -0.25) is 9.59 Å². The van der Waals surface area contributed by atoms with Crippen molar-refractivity contribution in [1.82, 2.24) is 4.57 Å². The van der Waals surface area contributed by atoms with Crippen LogP contribution in [-0.4, -0.2) is 10.5 Å². The number of aromatic nitrogens is 1. The Bertz CT molecular complexity index is 1070. The van der Waals surface area contributed by atoms with E-state index in [1.807, 2.05) is 32.0 Å². The Hall–Kier alpha value is -2.56. The number of benzene rings is 2. The van der Waals surface area contributed by atoms with Gasteiger partial charge in [-0.2, -0.15) is 0 Å². The summed E-state index contributed by atoms with van der Waals surface area (Å²) in [6.45, 7) is 4.29. The minimum absolute atomic E-state index is 0.205. The van der Waals surface area contributed by atoms with Gasteiger partial charge in [0.1, 0.15) is 0 Å². The first-order chi connectivity index (χ1) is 12.8. The molecule has 3 rings (SSSR count). The van der Waals surface area contributed by atoms with E-state index in [4.69, 9.17) is 23.2 Å². The number of anilines is 1. The molecule has 0 bridgehead atoms. The van der Waals surface area contributed by atoms with Gasteiger partial charge in [0.05, 0.1) is 22.2 Å². The molecule has 1 aromatic heterocycles. The number of hydrogen-bond acceptors (Lipinski definition) is 2. The molecule has 27 heavy (non-hydrogen) atoms. The van der Waals surface area contributed by atoms with Gasteiger partial charge in [-0.05, 0) is 60.9 Å². The predicted octanol–water partition coefficient (Wildman–Crippen LogP) is 5.07. The van der Waals surface area contributed by atoms with E-state index in [1.165, 1.54) is 16.7 Å². The number of pyridine rings is 1. The third-order valence-electron chi connectivity index (χ3n) is 4.35. The average molecular weight is 401 g/mol. The van der Waals surface area contributed by atoms with Crippen molar-refractivity contribution < 1.29 is 4.79 Å². The van der Waals surface area contributed by atoms with Crippen LogP contribution in [0.5, 0.6) is 0 Å². The van der Waals surface area contributed by atoms with Crippen LogP contribution in [0.3, 0.4) is 0 Å². The number of carbonyl (C=O) groups excluding carboxylic acids is 1. The molecular formula is C21H18Cl2N2O2. The predicted molar refractivity (Wildman–Crippen MR) is 110 cm³/mol. The molecule has 0 fully saturated rings. The van der Waals surface area contributed by atoms with Gasteiger partial charge in [-0.25, -0.2) is 0 Å². The Kier molecular flexibility index (Phi) is 5.68. The van der Waals surface area contributed by atoms with Crippen molar-refractivity contribution in [2.45, 2.75) is 20.4 Å². The summed E-state index contributed by atoms with van der Waals surface area (Å²) in [7, 11) is 0. The first-order valence-corrected chi connectivity index (χ1v) is 9.12. The van der Waals surface area contributed by atoms with Crippen molar-refractivity contribution in [3.05, 3.63) is 97.4 Å². The first kappa shape index (κ1) is 19.2. The van der Waals surface area contributed by atoms with Gasteiger partial charge < -0.3 is 9.88 Å². The van der Waals surface area contributed by atoms with Crippen molar-refractivity contribution in [2.24, 2.45) is 0 Å². The number of hydrogen-bond donors (Lipinski definition) is 1. The molecule has 0 saturated carbocycles. The van der Waals surface area contributed by atoms with E-state index in [9.17, 15) is 9.59 Å². The van der Waals surface area contributed by atoms with E-state index in [1.54, 1.807) is 24.4 Å². The van der Waals surface area contributed by atoms with Crippen LogP contribution in [0.4, 0.5) is 5.69 Å². The zero-order chi connectivity index (χ0) is 19.6. The number of aryl methyl sites for hydroxylation is 2. The van der Waals surface area contributed by atoms with Crippen LogP contribution in [0.2, 0.25) is 10.0 Å². The van der Waals surface area contributed by atoms with E-state index in [2.05, 4.69) is 5.32 Å². The molecule has 0 aliphatic carbocycles. The van der Waals surface area contributed by atoms with Gasteiger partial charge in [-0.1, -0.05) is 35.3 Å². The second-order valence-electron chi connectivity index (χ2n) is 6.39. The second kappa shape index (κ2) is 7.99. The maximum absolute atomic E-state index is 12.6. The van der Waals surface area contributed by atoms with Gasteiger partial charge in [0.15, 0.2) is 0 Å². The van der Waals surface area contributed by atoms with Crippen LogP contribution in [0, 0.1) is 13.8 Å². The van der Waals surface area contributed by atoms with E-state index >= 15 is 0 Å². The molecular weight excluding hydrogens is 383 g/mol. The largest absolute Gasteiger partial charge is 0.322 e. The lowest BCUT2D eigenvalue weighted by Gasteiger charge is -2.11. The third-order valence-corrected chi connectivity index (χ3v) is 5.09. The standard InChI is InChI=1S/C21H18Cl2N2O2/c1-13-3-6-17(9-14(13)2)24-21(27)16-5-8-20(26)25(12-16)11-15-4-7-18(22)19(23)10-15/h3-10,12H,11H2,1-2H3,(H,24,27). The topological polar surface area (TPSA) is 51.1 Å². The summed E-state index contributed by atoms with van der Waals surface area (Å²) in [6.07, 6.45) is 1.54. The van der Waals surface area contributed by atoms with E-state index in [0.717, 1.165) is 16.7 Å². The Morgan fingerprint density at radius 1 is 0.963 bits per heavy atom. The Labute approximate surface area is 167 Å². The lowest BCUT2D eigenvalue weighted by atomic mass is 10.1. The number of rotatable bonds is 4. The summed E-state index contributed by atoms with van der Waals surface area (Å²) in [5, 5.41) is 3.74. The molecule has 4 nitrogen and oxygen atoms in total.